The minimum atomic E-state index is -1.63. The Balaban J connectivity index is 2.14. The standard InChI is InChI=1S/C23H31N5O9S/c1-4-28(18(30)21(35)36)11-10-24-22(37)26-13(12-8-6-5-7-9-12)16(29)25-14(19(31)32)17-27-15(20(33)34)23(2,3)38-17/h5-9,13-15,17,27H,4,10-11H2,1-3H3,(H,25,29)(H,31,32)(H,33,34)(H,35,36)(H2,24,26,37)/t13-,14+,15+,17-/m1/s1. The largest absolute Gasteiger partial charge is 0.480 e. The molecule has 4 amide bonds. The fraction of sp³-hybridized carbons (Fsp3) is 0.478. The topological polar surface area (TPSA) is 214 Å². The first-order valence-corrected chi connectivity index (χ1v) is 12.5. The average Bonchev–Trinajstić information content (AvgIpc) is 3.18. The van der Waals surface area contributed by atoms with Crippen LogP contribution >= 0.6 is 11.8 Å². The lowest BCUT2D eigenvalue weighted by Gasteiger charge is -2.25. The van der Waals surface area contributed by atoms with Crippen LogP contribution in [0.5, 0.6) is 0 Å². The maximum atomic E-state index is 13.2. The molecular weight excluding hydrogens is 522 g/mol. The third kappa shape index (κ3) is 7.82. The van der Waals surface area contributed by atoms with Crippen molar-refractivity contribution in [1.29, 1.82) is 0 Å². The maximum absolute atomic E-state index is 13.2. The number of rotatable bonds is 11. The molecule has 1 heterocycles. The van der Waals surface area contributed by atoms with Gasteiger partial charge in [0.15, 0.2) is 6.04 Å². The first-order valence-electron chi connectivity index (χ1n) is 11.6. The molecule has 1 aromatic rings. The molecule has 7 N–H and O–H groups in total. The van der Waals surface area contributed by atoms with Crippen LogP contribution in [0.1, 0.15) is 32.4 Å². The summed E-state index contributed by atoms with van der Waals surface area (Å²) in [5.74, 6) is -6.16. The van der Waals surface area contributed by atoms with E-state index >= 15 is 0 Å². The minimum Gasteiger partial charge on any atom is -0.480 e. The Labute approximate surface area is 222 Å². The van der Waals surface area contributed by atoms with Crippen LogP contribution in [-0.2, 0) is 24.0 Å². The lowest BCUT2D eigenvalue weighted by Crippen LogP contribution is -2.56. The molecule has 4 atom stereocenters. The van der Waals surface area contributed by atoms with Crippen molar-refractivity contribution in [3.05, 3.63) is 35.9 Å². The number of carboxylic acids is 3. The highest BCUT2D eigenvalue weighted by atomic mass is 32.2. The number of carboxylic acid groups (broad SMARTS) is 3. The van der Waals surface area contributed by atoms with Crippen molar-refractivity contribution in [2.24, 2.45) is 0 Å². The van der Waals surface area contributed by atoms with E-state index < -0.39 is 64.0 Å². The number of likely N-dealkylation sites (N-methyl/N-ethyl adjacent to an activating group) is 1. The molecule has 1 aliphatic rings. The molecule has 1 fully saturated rings. The van der Waals surface area contributed by atoms with Gasteiger partial charge in [0.1, 0.15) is 12.1 Å². The van der Waals surface area contributed by atoms with Crippen LogP contribution in [0.3, 0.4) is 0 Å². The fourth-order valence-electron chi connectivity index (χ4n) is 3.80. The number of carbonyl (C=O) groups excluding carboxylic acids is 3. The van der Waals surface area contributed by atoms with Crippen LogP contribution in [-0.4, -0.2) is 97.8 Å². The van der Waals surface area contributed by atoms with E-state index in [1.54, 1.807) is 51.1 Å². The Hall–Kier alpha value is -3.85. The highest BCUT2D eigenvalue weighted by Crippen LogP contribution is 2.39. The molecule has 0 aromatic heterocycles. The molecule has 0 bridgehead atoms. The van der Waals surface area contributed by atoms with Crippen LogP contribution in [0.4, 0.5) is 4.79 Å². The number of nitrogens with one attached hydrogen (secondary N) is 4. The fourth-order valence-corrected chi connectivity index (χ4v) is 5.29. The van der Waals surface area contributed by atoms with Gasteiger partial charge in [-0.3, -0.25) is 19.7 Å². The van der Waals surface area contributed by atoms with Gasteiger partial charge in [0.2, 0.25) is 5.91 Å². The predicted molar refractivity (Wildman–Crippen MR) is 135 cm³/mol. The maximum Gasteiger partial charge on any atom is 0.394 e. The monoisotopic (exact) mass is 553 g/mol. The summed E-state index contributed by atoms with van der Waals surface area (Å²) in [4.78, 5) is 72.9. The van der Waals surface area contributed by atoms with Gasteiger partial charge in [0, 0.05) is 24.4 Å². The van der Waals surface area contributed by atoms with Crippen LogP contribution in [0.15, 0.2) is 30.3 Å². The summed E-state index contributed by atoms with van der Waals surface area (Å²) in [5.41, 5.74) is 0.344. The number of amides is 4. The van der Waals surface area contributed by atoms with Gasteiger partial charge >= 0.3 is 29.8 Å². The van der Waals surface area contributed by atoms with Crippen LogP contribution in [0.25, 0.3) is 0 Å². The van der Waals surface area contributed by atoms with Crippen LogP contribution in [0, 0.1) is 0 Å². The molecule has 1 aromatic carbocycles. The van der Waals surface area contributed by atoms with Gasteiger partial charge in [-0.25, -0.2) is 14.4 Å². The van der Waals surface area contributed by atoms with Crippen molar-refractivity contribution in [2.75, 3.05) is 19.6 Å². The van der Waals surface area contributed by atoms with E-state index in [1.807, 2.05) is 0 Å². The number of benzene rings is 1. The average molecular weight is 554 g/mol. The molecule has 1 aliphatic heterocycles. The van der Waals surface area contributed by atoms with Gasteiger partial charge in [-0.2, -0.15) is 0 Å². The normalized spacial score (nSPS) is 19.4. The second-order valence-corrected chi connectivity index (χ2v) is 10.6. The van der Waals surface area contributed by atoms with E-state index in [4.69, 9.17) is 5.11 Å². The summed E-state index contributed by atoms with van der Waals surface area (Å²) in [6.07, 6.45) is 0. The second-order valence-electron chi connectivity index (χ2n) is 8.84. The first kappa shape index (κ1) is 30.4. The van der Waals surface area contributed by atoms with Gasteiger partial charge in [-0.1, -0.05) is 30.3 Å². The Morgan fingerprint density at radius 1 is 1.05 bits per heavy atom. The number of aliphatic carboxylic acids is 3. The third-order valence-corrected chi connectivity index (χ3v) is 7.27. The number of hydrogen-bond donors (Lipinski definition) is 7. The SMILES string of the molecule is CCN(CCNC(=O)N[C@@H](C(=O)N[C@H](C(=O)O)[C@@H]1N[C@@H](C(=O)O)C(C)(C)S1)c1ccccc1)C(=O)C(=O)O. The summed E-state index contributed by atoms with van der Waals surface area (Å²) in [5, 5.41) is 37.2. The highest BCUT2D eigenvalue weighted by Gasteiger charge is 2.49. The van der Waals surface area contributed by atoms with Crippen molar-refractivity contribution in [3.63, 3.8) is 0 Å². The lowest BCUT2D eigenvalue weighted by molar-refractivity contribution is -0.155. The summed E-state index contributed by atoms with van der Waals surface area (Å²) in [7, 11) is 0. The van der Waals surface area contributed by atoms with Crippen molar-refractivity contribution >= 4 is 47.5 Å². The number of hydrogen-bond acceptors (Lipinski definition) is 8. The van der Waals surface area contributed by atoms with E-state index in [-0.39, 0.29) is 19.6 Å². The van der Waals surface area contributed by atoms with Crippen molar-refractivity contribution in [2.45, 2.75) is 49.0 Å². The molecule has 15 heteroatoms. The minimum absolute atomic E-state index is 0.0938. The number of nitrogens with zero attached hydrogens (tertiary/aromatic N) is 1. The molecule has 208 valence electrons. The van der Waals surface area contributed by atoms with Crippen molar-refractivity contribution < 1.29 is 44.1 Å². The molecule has 0 aliphatic carbocycles. The summed E-state index contributed by atoms with van der Waals surface area (Å²) in [6.45, 7) is 4.76. The molecular formula is C23H31N5O9S. The highest BCUT2D eigenvalue weighted by molar-refractivity contribution is 8.01. The molecule has 14 nitrogen and oxygen atoms in total. The summed E-state index contributed by atoms with van der Waals surface area (Å²) in [6, 6.07) is 3.31. The van der Waals surface area contributed by atoms with E-state index in [1.165, 1.54) is 0 Å². The predicted octanol–water partition coefficient (Wildman–Crippen LogP) is -0.576. The van der Waals surface area contributed by atoms with Gasteiger partial charge in [0.05, 0.1) is 5.37 Å². The quantitative estimate of drug-likeness (QED) is 0.172. The van der Waals surface area contributed by atoms with Gasteiger partial charge < -0.3 is 36.2 Å². The Morgan fingerprint density at radius 3 is 2.18 bits per heavy atom. The Morgan fingerprint density at radius 2 is 1.68 bits per heavy atom. The van der Waals surface area contributed by atoms with Crippen molar-refractivity contribution in [3.8, 4) is 0 Å². The second kappa shape index (κ2) is 13.1. The zero-order valence-electron chi connectivity index (χ0n) is 21.0. The van der Waals surface area contributed by atoms with Gasteiger partial charge in [-0.15, -0.1) is 11.8 Å². The van der Waals surface area contributed by atoms with Crippen LogP contribution in [0.2, 0.25) is 0 Å². The number of urea groups is 1. The van der Waals surface area contributed by atoms with E-state index in [9.17, 15) is 39.0 Å². The molecule has 0 saturated carbocycles. The smallest absolute Gasteiger partial charge is 0.394 e. The van der Waals surface area contributed by atoms with Crippen LogP contribution < -0.4 is 21.3 Å². The third-order valence-electron chi connectivity index (χ3n) is 5.76. The number of thioether (sulfide) groups is 1. The van der Waals surface area contributed by atoms with Gasteiger partial charge in [-0.05, 0) is 26.3 Å². The summed E-state index contributed by atoms with van der Waals surface area (Å²) < 4.78 is -0.861. The first-order chi connectivity index (χ1) is 17.8. The zero-order valence-corrected chi connectivity index (χ0v) is 21.8. The lowest BCUT2D eigenvalue weighted by atomic mass is 10.0. The molecule has 38 heavy (non-hydrogen) atoms. The molecule has 2 rings (SSSR count). The van der Waals surface area contributed by atoms with E-state index in [2.05, 4.69) is 21.3 Å². The summed E-state index contributed by atoms with van der Waals surface area (Å²) >= 11 is 1.06. The molecule has 0 unspecified atom stereocenters. The van der Waals surface area contributed by atoms with Gasteiger partial charge in [0.25, 0.3) is 0 Å². The molecule has 0 spiro atoms. The zero-order chi connectivity index (χ0) is 28.6. The number of carbonyl (C=O) groups is 6. The van der Waals surface area contributed by atoms with Crippen molar-refractivity contribution in [1.82, 2.24) is 26.2 Å². The Kier molecular flexibility index (Phi) is 10.5. The van der Waals surface area contributed by atoms with E-state index in [0.29, 0.717) is 5.56 Å². The Bertz CT molecular complexity index is 1070. The van der Waals surface area contributed by atoms with E-state index in [0.717, 1.165) is 16.7 Å². The molecule has 1 saturated heterocycles. The molecule has 0 radical (unpaired) electrons.